The number of unbranched alkanes of at least 4 members (excludes halogenated alkanes) is 1. The minimum absolute atomic E-state index is 0.439. The third-order valence-electron chi connectivity index (χ3n) is 5.34. The van der Waals surface area contributed by atoms with Crippen LogP contribution < -0.4 is 5.32 Å². The lowest BCUT2D eigenvalue weighted by Gasteiger charge is -2.29. The van der Waals surface area contributed by atoms with Gasteiger partial charge in [-0.05, 0) is 71.8 Å². The van der Waals surface area contributed by atoms with Gasteiger partial charge in [-0.25, -0.2) is 0 Å². The van der Waals surface area contributed by atoms with E-state index in [1.165, 1.54) is 19.3 Å². The monoisotopic (exact) mass is 296 g/mol. The van der Waals surface area contributed by atoms with Gasteiger partial charge >= 0.3 is 5.97 Å². The first-order chi connectivity index (χ1) is 9.96. The zero-order valence-corrected chi connectivity index (χ0v) is 13.9. The van der Waals surface area contributed by atoms with Crippen molar-refractivity contribution in [2.24, 2.45) is 0 Å². The van der Waals surface area contributed by atoms with E-state index in [2.05, 4.69) is 24.1 Å². The molecule has 4 heteroatoms. The Morgan fingerprint density at radius 2 is 2.00 bits per heavy atom. The van der Waals surface area contributed by atoms with Crippen molar-refractivity contribution in [3.05, 3.63) is 0 Å². The van der Waals surface area contributed by atoms with Crippen LogP contribution in [0.2, 0.25) is 0 Å². The second-order valence-corrected chi connectivity index (χ2v) is 7.24. The van der Waals surface area contributed by atoms with Crippen molar-refractivity contribution in [1.29, 1.82) is 0 Å². The van der Waals surface area contributed by atoms with Gasteiger partial charge in [0.25, 0.3) is 0 Å². The molecule has 1 saturated carbocycles. The van der Waals surface area contributed by atoms with E-state index in [1.807, 2.05) is 6.92 Å². The van der Waals surface area contributed by atoms with E-state index >= 15 is 0 Å². The molecule has 0 radical (unpaired) electrons. The fourth-order valence-corrected chi connectivity index (χ4v) is 3.66. The quantitative estimate of drug-likeness (QED) is 0.642. The lowest BCUT2D eigenvalue weighted by atomic mass is 9.94. The molecule has 0 aromatic carbocycles. The van der Waals surface area contributed by atoms with Crippen LogP contribution in [-0.4, -0.2) is 46.2 Å². The maximum absolute atomic E-state index is 11.5. The van der Waals surface area contributed by atoms with Gasteiger partial charge < -0.3 is 5.11 Å². The van der Waals surface area contributed by atoms with Crippen molar-refractivity contribution >= 4 is 5.97 Å². The van der Waals surface area contributed by atoms with E-state index in [-0.39, 0.29) is 0 Å². The van der Waals surface area contributed by atoms with E-state index < -0.39 is 11.5 Å². The molecule has 0 amide bonds. The van der Waals surface area contributed by atoms with E-state index in [9.17, 15) is 9.90 Å². The molecule has 3 atom stereocenters. The van der Waals surface area contributed by atoms with Gasteiger partial charge in [0.2, 0.25) is 0 Å². The summed E-state index contributed by atoms with van der Waals surface area (Å²) in [6, 6.07) is 1.88. The molecule has 0 spiro atoms. The van der Waals surface area contributed by atoms with Crippen LogP contribution in [-0.2, 0) is 4.79 Å². The summed E-state index contributed by atoms with van der Waals surface area (Å²) in [4.78, 5) is 14.1. The third-order valence-corrected chi connectivity index (χ3v) is 5.34. The number of aliphatic carboxylic acids is 1. The Kier molecular flexibility index (Phi) is 5.67. The zero-order chi connectivity index (χ0) is 15.5. The van der Waals surface area contributed by atoms with Crippen LogP contribution in [0.3, 0.4) is 0 Å². The van der Waals surface area contributed by atoms with Crippen molar-refractivity contribution in [2.45, 2.75) is 95.8 Å². The van der Waals surface area contributed by atoms with Crippen molar-refractivity contribution in [2.75, 3.05) is 6.54 Å². The molecule has 2 aliphatic rings. The van der Waals surface area contributed by atoms with Crippen molar-refractivity contribution in [3.8, 4) is 0 Å². The van der Waals surface area contributed by atoms with Crippen LogP contribution in [0.25, 0.3) is 0 Å². The number of hydrogen-bond acceptors (Lipinski definition) is 3. The zero-order valence-electron chi connectivity index (χ0n) is 13.9. The number of hydrogen-bond donors (Lipinski definition) is 2. The Hall–Kier alpha value is -0.610. The molecule has 1 aliphatic carbocycles. The molecule has 2 rings (SSSR count). The molecular formula is C17H32N2O2. The van der Waals surface area contributed by atoms with Gasteiger partial charge in [0.1, 0.15) is 5.54 Å². The standard InChI is InChI=1S/C17H32N2O2/c1-4-15-10-7-13(2)19(15)12-6-5-11-17(3,16(20)21)18-14-8-9-14/h13-15,18H,4-12H2,1-3H3,(H,20,21). The molecule has 3 unspecified atom stereocenters. The highest BCUT2D eigenvalue weighted by Gasteiger charge is 2.38. The Morgan fingerprint density at radius 1 is 1.29 bits per heavy atom. The highest BCUT2D eigenvalue weighted by molar-refractivity contribution is 5.78. The smallest absolute Gasteiger partial charge is 0.323 e. The molecule has 1 heterocycles. The predicted octanol–water partition coefficient (Wildman–Crippen LogP) is 3.01. The summed E-state index contributed by atoms with van der Waals surface area (Å²) in [5.74, 6) is -0.699. The highest BCUT2D eigenvalue weighted by Crippen LogP contribution is 2.28. The highest BCUT2D eigenvalue weighted by atomic mass is 16.4. The average molecular weight is 296 g/mol. The lowest BCUT2D eigenvalue weighted by Crippen LogP contribution is -2.50. The molecule has 2 fully saturated rings. The normalized spacial score (nSPS) is 29.5. The Labute approximate surface area is 129 Å². The first kappa shape index (κ1) is 16.8. The van der Waals surface area contributed by atoms with Crippen LogP contribution >= 0.6 is 0 Å². The summed E-state index contributed by atoms with van der Waals surface area (Å²) in [7, 11) is 0. The SMILES string of the molecule is CCC1CCC(C)N1CCCCC(C)(NC1CC1)C(=O)O. The molecule has 0 bridgehead atoms. The summed E-state index contributed by atoms with van der Waals surface area (Å²) in [5, 5.41) is 12.8. The summed E-state index contributed by atoms with van der Waals surface area (Å²) >= 11 is 0. The van der Waals surface area contributed by atoms with E-state index in [0.717, 1.165) is 44.7 Å². The molecule has 21 heavy (non-hydrogen) atoms. The number of nitrogens with one attached hydrogen (secondary N) is 1. The van der Waals surface area contributed by atoms with Crippen LogP contribution in [0, 0.1) is 0 Å². The Bertz CT molecular complexity index is 357. The Morgan fingerprint density at radius 3 is 2.57 bits per heavy atom. The first-order valence-corrected chi connectivity index (χ1v) is 8.73. The van der Waals surface area contributed by atoms with Crippen molar-refractivity contribution in [1.82, 2.24) is 10.2 Å². The van der Waals surface area contributed by atoms with E-state index in [4.69, 9.17) is 0 Å². The summed E-state index contributed by atoms with van der Waals surface area (Å²) in [5.41, 5.74) is -0.734. The lowest BCUT2D eigenvalue weighted by molar-refractivity contribution is -0.144. The fraction of sp³-hybridized carbons (Fsp3) is 0.941. The van der Waals surface area contributed by atoms with Crippen LogP contribution in [0.15, 0.2) is 0 Å². The van der Waals surface area contributed by atoms with Crippen LogP contribution in [0.4, 0.5) is 0 Å². The van der Waals surface area contributed by atoms with Gasteiger partial charge in [0.05, 0.1) is 0 Å². The average Bonchev–Trinajstić information content (AvgIpc) is 3.17. The molecule has 122 valence electrons. The van der Waals surface area contributed by atoms with Crippen molar-refractivity contribution < 1.29 is 9.90 Å². The molecular weight excluding hydrogens is 264 g/mol. The summed E-state index contributed by atoms with van der Waals surface area (Å²) in [6.45, 7) is 7.57. The predicted molar refractivity (Wildman–Crippen MR) is 85.5 cm³/mol. The molecule has 1 aliphatic heterocycles. The molecule has 0 aromatic rings. The van der Waals surface area contributed by atoms with Gasteiger partial charge in [-0.15, -0.1) is 0 Å². The molecule has 0 aromatic heterocycles. The maximum Gasteiger partial charge on any atom is 0.323 e. The largest absolute Gasteiger partial charge is 0.480 e. The first-order valence-electron chi connectivity index (χ1n) is 8.73. The van der Waals surface area contributed by atoms with Crippen LogP contribution in [0.1, 0.15) is 72.1 Å². The number of likely N-dealkylation sites (tertiary alicyclic amines) is 1. The van der Waals surface area contributed by atoms with E-state index in [0.29, 0.717) is 12.1 Å². The van der Waals surface area contributed by atoms with Gasteiger partial charge in [0.15, 0.2) is 0 Å². The second kappa shape index (κ2) is 7.10. The number of carboxylic acid groups (broad SMARTS) is 1. The fourth-order valence-electron chi connectivity index (χ4n) is 3.66. The minimum Gasteiger partial charge on any atom is -0.480 e. The van der Waals surface area contributed by atoms with Gasteiger partial charge in [-0.1, -0.05) is 6.92 Å². The van der Waals surface area contributed by atoms with Gasteiger partial charge in [0, 0.05) is 18.1 Å². The second-order valence-electron chi connectivity index (χ2n) is 7.24. The van der Waals surface area contributed by atoms with E-state index in [1.54, 1.807) is 0 Å². The number of carboxylic acids is 1. The van der Waals surface area contributed by atoms with Crippen molar-refractivity contribution in [3.63, 3.8) is 0 Å². The molecule has 4 nitrogen and oxygen atoms in total. The molecule has 1 saturated heterocycles. The number of carbonyl (C=O) groups is 1. The molecule has 2 N–H and O–H groups in total. The number of rotatable bonds is 9. The topological polar surface area (TPSA) is 52.6 Å². The van der Waals surface area contributed by atoms with Crippen LogP contribution in [0.5, 0.6) is 0 Å². The Balaban J connectivity index is 1.73. The third kappa shape index (κ3) is 4.43. The maximum atomic E-state index is 11.5. The minimum atomic E-state index is -0.734. The summed E-state index contributed by atoms with van der Waals surface area (Å²) in [6.07, 6.45) is 8.97. The van der Waals surface area contributed by atoms with Gasteiger partial charge in [-0.2, -0.15) is 0 Å². The number of nitrogens with zero attached hydrogens (tertiary/aromatic N) is 1. The van der Waals surface area contributed by atoms with Gasteiger partial charge in [-0.3, -0.25) is 15.0 Å². The summed E-state index contributed by atoms with van der Waals surface area (Å²) < 4.78 is 0.